The molecule has 0 aliphatic heterocycles. The van der Waals surface area contributed by atoms with Crippen molar-refractivity contribution in [3.8, 4) is 0 Å². The molecule has 0 saturated carbocycles. The molecule has 29 heavy (non-hydrogen) atoms. The molecule has 0 saturated heterocycles. The van der Waals surface area contributed by atoms with Gasteiger partial charge in [0.05, 0.1) is 17.6 Å². The summed E-state index contributed by atoms with van der Waals surface area (Å²) in [6, 6.07) is 19.5. The van der Waals surface area contributed by atoms with Crippen LogP contribution in [0.15, 0.2) is 73.1 Å². The van der Waals surface area contributed by atoms with E-state index in [-0.39, 0.29) is 5.91 Å². The number of pyridine rings is 1. The lowest BCUT2D eigenvalue weighted by molar-refractivity contribution is 0.102. The lowest BCUT2D eigenvalue weighted by Crippen LogP contribution is -2.24. The average Bonchev–Trinajstić information content (AvgIpc) is 2.73. The van der Waals surface area contributed by atoms with E-state index < -0.39 is 0 Å². The summed E-state index contributed by atoms with van der Waals surface area (Å²) in [7, 11) is 4.15. The number of anilines is 3. The minimum Gasteiger partial charge on any atom is -0.338 e. The van der Waals surface area contributed by atoms with Gasteiger partial charge in [-0.05, 0) is 64.3 Å². The summed E-state index contributed by atoms with van der Waals surface area (Å²) in [5.41, 5.74) is 4.56. The SMILES string of the molecule is Cc1ccc(N(CCCN(C)C)c2cnccc2NC(=O)c2ccccc2)cc1. The second-order valence-corrected chi connectivity index (χ2v) is 7.36. The maximum Gasteiger partial charge on any atom is 0.255 e. The van der Waals surface area contributed by atoms with Crippen LogP contribution in [0.5, 0.6) is 0 Å². The second-order valence-electron chi connectivity index (χ2n) is 7.36. The molecule has 0 aliphatic carbocycles. The van der Waals surface area contributed by atoms with Gasteiger partial charge in [-0.1, -0.05) is 35.9 Å². The van der Waals surface area contributed by atoms with Gasteiger partial charge in [0.15, 0.2) is 0 Å². The third-order valence-corrected chi connectivity index (χ3v) is 4.71. The minimum atomic E-state index is -0.129. The molecule has 0 atom stereocenters. The van der Waals surface area contributed by atoms with E-state index in [4.69, 9.17) is 0 Å². The Morgan fingerprint density at radius 1 is 0.966 bits per heavy atom. The Morgan fingerprint density at radius 3 is 2.38 bits per heavy atom. The predicted octanol–water partition coefficient (Wildman–Crippen LogP) is 4.73. The first kappa shape index (κ1) is 20.6. The van der Waals surface area contributed by atoms with E-state index in [1.165, 1.54) is 5.56 Å². The molecule has 0 fully saturated rings. The summed E-state index contributed by atoms with van der Waals surface area (Å²) in [6.45, 7) is 3.88. The van der Waals surface area contributed by atoms with Crippen molar-refractivity contribution < 1.29 is 4.79 Å². The molecular weight excluding hydrogens is 360 g/mol. The highest BCUT2D eigenvalue weighted by atomic mass is 16.1. The summed E-state index contributed by atoms with van der Waals surface area (Å²) in [5.74, 6) is -0.129. The van der Waals surface area contributed by atoms with Gasteiger partial charge >= 0.3 is 0 Å². The summed E-state index contributed by atoms with van der Waals surface area (Å²) in [4.78, 5) is 21.4. The van der Waals surface area contributed by atoms with Gasteiger partial charge in [-0.25, -0.2) is 0 Å². The fourth-order valence-corrected chi connectivity index (χ4v) is 3.15. The molecule has 0 aliphatic rings. The number of hydrogen-bond acceptors (Lipinski definition) is 4. The highest BCUT2D eigenvalue weighted by Gasteiger charge is 2.16. The van der Waals surface area contributed by atoms with E-state index in [1.54, 1.807) is 6.20 Å². The van der Waals surface area contributed by atoms with Crippen molar-refractivity contribution in [2.75, 3.05) is 37.4 Å². The average molecular weight is 389 g/mol. The molecule has 0 bridgehead atoms. The first-order valence-electron chi connectivity index (χ1n) is 9.84. The number of hydrogen-bond donors (Lipinski definition) is 1. The smallest absolute Gasteiger partial charge is 0.255 e. The van der Waals surface area contributed by atoms with E-state index in [2.05, 4.69) is 65.4 Å². The van der Waals surface area contributed by atoms with Crippen LogP contribution in [0.3, 0.4) is 0 Å². The minimum absolute atomic E-state index is 0.129. The Bertz CT molecular complexity index is 923. The number of nitrogens with zero attached hydrogens (tertiary/aromatic N) is 3. The number of carbonyl (C=O) groups is 1. The molecule has 5 heteroatoms. The van der Waals surface area contributed by atoms with Crippen molar-refractivity contribution in [1.82, 2.24) is 9.88 Å². The Balaban J connectivity index is 1.90. The normalized spacial score (nSPS) is 10.8. The van der Waals surface area contributed by atoms with Crippen molar-refractivity contribution in [3.63, 3.8) is 0 Å². The zero-order chi connectivity index (χ0) is 20.6. The summed E-state index contributed by atoms with van der Waals surface area (Å²) >= 11 is 0. The maximum absolute atomic E-state index is 12.7. The molecule has 5 nitrogen and oxygen atoms in total. The van der Waals surface area contributed by atoms with Crippen LogP contribution < -0.4 is 10.2 Å². The van der Waals surface area contributed by atoms with Crippen molar-refractivity contribution >= 4 is 23.0 Å². The largest absolute Gasteiger partial charge is 0.338 e. The zero-order valence-corrected chi connectivity index (χ0v) is 17.3. The summed E-state index contributed by atoms with van der Waals surface area (Å²) in [5, 5.41) is 3.06. The van der Waals surface area contributed by atoms with Crippen LogP contribution in [0.25, 0.3) is 0 Å². The van der Waals surface area contributed by atoms with E-state index in [1.807, 2.05) is 42.6 Å². The molecule has 3 aromatic rings. The van der Waals surface area contributed by atoms with Crippen LogP contribution in [0.4, 0.5) is 17.1 Å². The number of amides is 1. The first-order chi connectivity index (χ1) is 14.0. The Labute approximate surface area is 173 Å². The molecule has 0 unspecified atom stereocenters. The van der Waals surface area contributed by atoms with Crippen molar-refractivity contribution in [2.24, 2.45) is 0 Å². The molecule has 0 spiro atoms. The fourth-order valence-electron chi connectivity index (χ4n) is 3.15. The fraction of sp³-hybridized carbons (Fsp3) is 0.250. The molecular formula is C24H28N4O. The van der Waals surface area contributed by atoms with Gasteiger partial charge in [-0.2, -0.15) is 0 Å². The highest BCUT2D eigenvalue weighted by Crippen LogP contribution is 2.32. The standard InChI is InChI=1S/C24H28N4O/c1-19-10-12-21(13-11-19)28(17-7-16-27(2)3)23-18-25-15-14-22(23)26-24(29)20-8-5-4-6-9-20/h4-6,8-15,18H,7,16-17H2,1-3H3,(H,25,26,29). The number of aryl methyl sites for hydroxylation is 1. The second kappa shape index (κ2) is 9.85. The predicted molar refractivity (Wildman–Crippen MR) is 120 cm³/mol. The lowest BCUT2D eigenvalue weighted by Gasteiger charge is -2.27. The van der Waals surface area contributed by atoms with Crippen LogP contribution >= 0.6 is 0 Å². The van der Waals surface area contributed by atoms with Gasteiger partial charge in [-0.15, -0.1) is 0 Å². The van der Waals surface area contributed by atoms with Gasteiger partial charge in [0.2, 0.25) is 0 Å². The summed E-state index contributed by atoms with van der Waals surface area (Å²) < 4.78 is 0. The van der Waals surface area contributed by atoms with Gasteiger partial charge < -0.3 is 15.1 Å². The number of carbonyl (C=O) groups excluding carboxylic acids is 1. The van der Waals surface area contributed by atoms with E-state index in [0.29, 0.717) is 5.56 Å². The topological polar surface area (TPSA) is 48.5 Å². The molecule has 1 amide bonds. The maximum atomic E-state index is 12.7. The molecule has 1 aromatic heterocycles. The number of nitrogens with one attached hydrogen (secondary N) is 1. The number of aromatic nitrogens is 1. The highest BCUT2D eigenvalue weighted by molar-refractivity contribution is 6.06. The molecule has 2 aromatic carbocycles. The zero-order valence-electron chi connectivity index (χ0n) is 17.3. The van der Waals surface area contributed by atoms with E-state index >= 15 is 0 Å². The van der Waals surface area contributed by atoms with Gasteiger partial charge in [-0.3, -0.25) is 9.78 Å². The Morgan fingerprint density at radius 2 is 1.69 bits per heavy atom. The van der Waals surface area contributed by atoms with Gasteiger partial charge in [0.25, 0.3) is 5.91 Å². The number of benzene rings is 2. The van der Waals surface area contributed by atoms with Crippen molar-refractivity contribution in [1.29, 1.82) is 0 Å². The van der Waals surface area contributed by atoms with E-state index in [9.17, 15) is 4.79 Å². The van der Waals surface area contributed by atoms with Crippen molar-refractivity contribution in [3.05, 3.63) is 84.2 Å². The molecule has 3 rings (SSSR count). The molecule has 150 valence electrons. The lowest BCUT2D eigenvalue weighted by atomic mass is 10.1. The van der Waals surface area contributed by atoms with Crippen LogP contribution in [0.2, 0.25) is 0 Å². The third kappa shape index (κ3) is 5.65. The monoisotopic (exact) mass is 388 g/mol. The van der Waals surface area contributed by atoms with Crippen LogP contribution in [-0.2, 0) is 0 Å². The number of rotatable bonds is 8. The molecule has 1 N–H and O–H groups in total. The molecule has 0 radical (unpaired) electrons. The summed E-state index contributed by atoms with van der Waals surface area (Å²) in [6.07, 6.45) is 4.51. The third-order valence-electron chi connectivity index (χ3n) is 4.71. The Kier molecular flexibility index (Phi) is 6.98. The van der Waals surface area contributed by atoms with Crippen molar-refractivity contribution in [2.45, 2.75) is 13.3 Å². The molecule has 1 heterocycles. The van der Waals surface area contributed by atoms with Gasteiger partial charge in [0.1, 0.15) is 0 Å². The Hall–Kier alpha value is -3.18. The van der Waals surface area contributed by atoms with Gasteiger partial charge in [0, 0.05) is 24.0 Å². The quantitative estimate of drug-likeness (QED) is 0.606. The van der Waals surface area contributed by atoms with Crippen LogP contribution in [0, 0.1) is 6.92 Å². The van der Waals surface area contributed by atoms with Crippen LogP contribution in [-0.4, -0.2) is 43.0 Å². The van der Waals surface area contributed by atoms with Crippen LogP contribution in [0.1, 0.15) is 22.3 Å². The first-order valence-corrected chi connectivity index (χ1v) is 9.84. The van der Waals surface area contributed by atoms with E-state index in [0.717, 1.165) is 36.6 Å².